The lowest BCUT2D eigenvalue weighted by molar-refractivity contribution is -0.112. The standard InChI is InChI=1S/C18H26O2/c1-13(7-6-8-15(3)19)9-10-17-14(2)11-16(20)12-18(17,4)5/h6-11,16-17,20H,12H2,1-5H3/b8-6+,10-9+,13-7+. The number of hydrogen-bond acceptors (Lipinski definition) is 2. The monoisotopic (exact) mass is 274 g/mol. The molecule has 1 aliphatic carbocycles. The van der Waals surface area contributed by atoms with Gasteiger partial charge in [-0.25, -0.2) is 0 Å². The number of rotatable bonds is 4. The second kappa shape index (κ2) is 6.85. The summed E-state index contributed by atoms with van der Waals surface area (Å²) in [5.74, 6) is 0.394. The third kappa shape index (κ3) is 4.93. The van der Waals surface area contributed by atoms with E-state index < -0.39 is 0 Å². The zero-order valence-electron chi connectivity index (χ0n) is 13.2. The van der Waals surface area contributed by atoms with Crippen LogP contribution in [0.25, 0.3) is 0 Å². The molecule has 0 heterocycles. The van der Waals surface area contributed by atoms with Crippen molar-refractivity contribution in [2.75, 3.05) is 0 Å². The SMILES string of the molecule is CC(=O)/C=C/C=C(C)/C=C/C1C(C)=CC(O)CC1(C)C. The van der Waals surface area contributed by atoms with E-state index in [4.69, 9.17) is 0 Å². The topological polar surface area (TPSA) is 37.3 Å². The summed E-state index contributed by atoms with van der Waals surface area (Å²) in [6.07, 6.45) is 12.0. The van der Waals surface area contributed by atoms with Gasteiger partial charge in [-0.1, -0.05) is 55.4 Å². The summed E-state index contributed by atoms with van der Waals surface area (Å²) in [5, 5.41) is 9.83. The molecule has 1 rings (SSSR count). The number of aliphatic hydroxyl groups is 1. The molecule has 0 amide bonds. The van der Waals surface area contributed by atoms with Crippen LogP contribution in [0.5, 0.6) is 0 Å². The average Bonchev–Trinajstić information content (AvgIpc) is 2.25. The molecule has 0 aromatic carbocycles. The molecule has 0 aromatic rings. The molecular formula is C18H26O2. The number of carbonyl (C=O) groups excluding carboxylic acids is 1. The van der Waals surface area contributed by atoms with E-state index >= 15 is 0 Å². The molecule has 0 aliphatic heterocycles. The van der Waals surface area contributed by atoms with Gasteiger partial charge in [-0.2, -0.15) is 0 Å². The highest BCUT2D eigenvalue weighted by atomic mass is 16.3. The highest BCUT2D eigenvalue weighted by Gasteiger charge is 2.34. The summed E-state index contributed by atoms with van der Waals surface area (Å²) in [7, 11) is 0. The van der Waals surface area contributed by atoms with Gasteiger partial charge in [-0.05, 0) is 38.7 Å². The van der Waals surface area contributed by atoms with Gasteiger partial charge in [0.15, 0.2) is 5.78 Å². The third-order valence-electron chi connectivity index (χ3n) is 3.76. The lowest BCUT2D eigenvalue weighted by Crippen LogP contribution is -2.32. The molecule has 2 nitrogen and oxygen atoms in total. The second-order valence-corrected chi connectivity index (χ2v) is 6.39. The first-order chi connectivity index (χ1) is 9.22. The summed E-state index contributed by atoms with van der Waals surface area (Å²) in [6.45, 7) is 10.0. The Morgan fingerprint density at radius 2 is 2.00 bits per heavy atom. The van der Waals surface area contributed by atoms with Gasteiger partial charge in [0.25, 0.3) is 0 Å². The first-order valence-corrected chi connectivity index (χ1v) is 7.12. The largest absolute Gasteiger partial charge is 0.389 e. The molecule has 2 atom stereocenters. The molecule has 110 valence electrons. The molecule has 0 saturated carbocycles. The first-order valence-electron chi connectivity index (χ1n) is 7.12. The van der Waals surface area contributed by atoms with Crippen molar-refractivity contribution >= 4 is 5.78 Å². The summed E-state index contributed by atoms with van der Waals surface area (Å²) in [6, 6.07) is 0. The van der Waals surface area contributed by atoms with Crippen molar-refractivity contribution in [1.29, 1.82) is 0 Å². The van der Waals surface area contributed by atoms with E-state index in [1.807, 2.05) is 19.1 Å². The molecule has 1 aliphatic rings. The lowest BCUT2D eigenvalue weighted by Gasteiger charge is -2.38. The first kappa shape index (κ1) is 16.6. The van der Waals surface area contributed by atoms with Crippen LogP contribution in [-0.4, -0.2) is 17.0 Å². The molecule has 0 fully saturated rings. The predicted molar refractivity (Wildman–Crippen MR) is 84.4 cm³/mol. The fourth-order valence-electron chi connectivity index (χ4n) is 2.80. The highest BCUT2D eigenvalue weighted by molar-refractivity contribution is 5.87. The molecule has 0 saturated heterocycles. The van der Waals surface area contributed by atoms with Gasteiger partial charge in [0, 0.05) is 5.92 Å². The molecule has 2 unspecified atom stereocenters. The van der Waals surface area contributed by atoms with Crippen LogP contribution in [-0.2, 0) is 4.79 Å². The molecule has 0 radical (unpaired) electrons. The quantitative estimate of drug-likeness (QED) is 0.478. The van der Waals surface area contributed by atoms with Crippen molar-refractivity contribution in [1.82, 2.24) is 0 Å². The fraction of sp³-hybridized carbons (Fsp3) is 0.500. The Bertz CT molecular complexity index is 476. The molecule has 0 bridgehead atoms. The van der Waals surface area contributed by atoms with Crippen molar-refractivity contribution in [2.24, 2.45) is 11.3 Å². The smallest absolute Gasteiger partial charge is 0.152 e. The third-order valence-corrected chi connectivity index (χ3v) is 3.76. The summed E-state index contributed by atoms with van der Waals surface area (Å²) in [4.78, 5) is 10.8. The van der Waals surface area contributed by atoms with Gasteiger partial charge < -0.3 is 5.11 Å². The normalized spacial score (nSPS) is 27.1. The van der Waals surface area contributed by atoms with Gasteiger partial charge in [-0.3, -0.25) is 4.79 Å². The van der Waals surface area contributed by atoms with E-state index in [2.05, 4.69) is 32.9 Å². The average molecular weight is 274 g/mol. The molecular weight excluding hydrogens is 248 g/mol. The Hall–Kier alpha value is -1.41. The zero-order chi connectivity index (χ0) is 15.3. The fourth-order valence-corrected chi connectivity index (χ4v) is 2.80. The summed E-state index contributed by atoms with van der Waals surface area (Å²) in [5.41, 5.74) is 2.39. The van der Waals surface area contributed by atoms with E-state index in [1.54, 1.807) is 19.1 Å². The van der Waals surface area contributed by atoms with E-state index in [0.717, 1.165) is 12.0 Å². The number of carbonyl (C=O) groups is 1. The van der Waals surface area contributed by atoms with Crippen LogP contribution >= 0.6 is 0 Å². The minimum atomic E-state index is -0.329. The van der Waals surface area contributed by atoms with E-state index in [0.29, 0.717) is 5.92 Å². The second-order valence-electron chi connectivity index (χ2n) is 6.39. The van der Waals surface area contributed by atoms with Gasteiger partial charge in [-0.15, -0.1) is 0 Å². The van der Waals surface area contributed by atoms with Gasteiger partial charge >= 0.3 is 0 Å². The number of allylic oxidation sites excluding steroid dienone is 7. The number of hydrogen-bond donors (Lipinski definition) is 1. The van der Waals surface area contributed by atoms with E-state index in [-0.39, 0.29) is 17.3 Å². The van der Waals surface area contributed by atoms with Crippen LogP contribution in [0.3, 0.4) is 0 Å². The number of ketones is 1. The highest BCUT2D eigenvalue weighted by Crippen LogP contribution is 2.41. The molecule has 1 N–H and O–H groups in total. The Kier molecular flexibility index (Phi) is 5.70. The van der Waals surface area contributed by atoms with Crippen molar-refractivity contribution in [3.8, 4) is 0 Å². The Balaban J connectivity index is 2.83. The Morgan fingerprint density at radius 1 is 1.35 bits per heavy atom. The molecule has 2 heteroatoms. The van der Waals surface area contributed by atoms with Crippen LogP contribution in [0.2, 0.25) is 0 Å². The van der Waals surface area contributed by atoms with Gasteiger partial charge in [0.1, 0.15) is 0 Å². The number of aliphatic hydroxyl groups excluding tert-OH is 1. The Morgan fingerprint density at radius 3 is 2.55 bits per heavy atom. The van der Waals surface area contributed by atoms with E-state index in [1.165, 1.54) is 5.57 Å². The molecule has 0 aromatic heterocycles. The van der Waals surface area contributed by atoms with Gasteiger partial charge in [0.2, 0.25) is 0 Å². The van der Waals surface area contributed by atoms with Crippen LogP contribution in [0.15, 0.2) is 47.6 Å². The maximum absolute atomic E-state index is 10.8. The maximum atomic E-state index is 10.8. The van der Waals surface area contributed by atoms with E-state index in [9.17, 15) is 9.90 Å². The van der Waals surface area contributed by atoms with Crippen LogP contribution < -0.4 is 0 Å². The van der Waals surface area contributed by atoms with Crippen molar-refractivity contribution in [3.05, 3.63) is 47.6 Å². The van der Waals surface area contributed by atoms with Crippen molar-refractivity contribution in [2.45, 2.75) is 47.1 Å². The predicted octanol–water partition coefficient (Wildman–Crippen LogP) is 3.99. The van der Waals surface area contributed by atoms with Gasteiger partial charge in [0.05, 0.1) is 6.10 Å². The summed E-state index contributed by atoms with van der Waals surface area (Å²) < 4.78 is 0. The van der Waals surface area contributed by atoms with Crippen LogP contribution in [0, 0.1) is 11.3 Å². The van der Waals surface area contributed by atoms with Crippen LogP contribution in [0.1, 0.15) is 41.0 Å². The maximum Gasteiger partial charge on any atom is 0.152 e. The minimum Gasteiger partial charge on any atom is -0.389 e. The van der Waals surface area contributed by atoms with Crippen molar-refractivity contribution in [3.63, 3.8) is 0 Å². The zero-order valence-corrected chi connectivity index (χ0v) is 13.2. The van der Waals surface area contributed by atoms with Crippen LogP contribution in [0.4, 0.5) is 0 Å². The lowest BCUT2D eigenvalue weighted by atomic mass is 9.67. The minimum absolute atomic E-state index is 0.0548. The Labute approximate surface area is 122 Å². The molecule has 20 heavy (non-hydrogen) atoms. The van der Waals surface area contributed by atoms with Crippen molar-refractivity contribution < 1.29 is 9.90 Å². The molecule has 0 spiro atoms. The summed E-state index contributed by atoms with van der Waals surface area (Å²) >= 11 is 0.